The number of anilines is 1. The van der Waals surface area contributed by atoms with Gasteiger partial charge in [0.2, 0.25) is 0 Å². The summed E-state index contributed by atoms with van der Waals surface area (Å²) >= 11 is 3.04. The molecule has 2 aromatic heterocycles. The molecule has 0 saturated carbocycles. The first-order chi connectivity index (χ1) is 17.3. The van der Waals surface area contributed by atoms with Crippen molar-refractivity contribution in [2.45, 2.75) is 46.6 Å². The Morgan fingerprint density at radius 1 is 1.03 bits per heavy atom. The van der Waals surface area contributed by atoms with Gasteiger partial charge in [0.15, 0.2) is 0 Å². The summed E-state index contributed by atoms with van der Waals surface area (Å²) in [5, 5.41) is 5.75. The molecule has 0 spiro atoms. The lowest BCUT2D eigenvalue weighted by atomic mass is 9.72. The number of amides is 2. The first kappa shape index (κ1) is 25.2. The highest BCUT2D eigenvalue weighted by atomic mass is 32.1. The first-order valence-electron chi connectivity index (χ1n) is 12.8. The molecule has 1 saturated heterocycles. The molecule has 2 aliphatic rings. The maximum absolute atomic E-state index is 13.9. The molecule has 0 radical (unpaired) electrons. The number of nitrogens with one attached hydrogen (secondary N) is 1. The predicted octanol–water partition coefficient (Wildman–Crippen LogP) is 6.17. The molecular formula is C29H35N3O2S2. The fraction of sp³-hybridized carbons (Fsp3) is 0.448. The molecule has 1 aliphatic carbocycles. The fourth-order valence-electron chi connectivity index (χ4n) is 5.32. The Morgan fingerprint density at radius 2 is 1.78 bits per heavy atom. The van der Waals surface area contributed by atoms with E-state index in [4.69, 9.17) is 0 Å². The van der Waals surface area contributed by atoms with Crippen LogP contribution in [0.25, 0.3) is 0 Å². The van der Waals surface area contributed by atoms with Gasteiger partial charge in [0.1, 0.15) is 5.00 Å². The van der Waals surface area contributed by atoms with E-state index in [0.29, 0.717) is 23.9 Å². The zero-order valence-corrected chi connectivity index (χ0v) is 23.0. The fourth-order valence-corrected chi connectivity index (χ4v) is 7.25. The van der Waals surface area contributed by atoms with Crippen LogP contribution in [-0.4, -0.2) is 47.8 Å². The van der Waals surface area contributed by atoms with Gasteiger partial charge in [-0.05, 0) is 53.2 Å². The van der Waals surface area contributed by atoms with Crippen molar-refractivity contribution in [2.75, 3.05) is 31.5 Å². The smallest absolute Gasteiger partial charge is 0.266 e. The molecule has 5 nitrogen and oxygen atoms in total. The molecule has 7 heteroatoms. The van der Waals surface area contributed by atoms with Crippen molar-refractivity contribution >= 4 is 39.5 Å². The lowest BCUT2D eigenvalue weighted by Gasteiger charge is -2.36. The Morgan fingerprint density at radius 3 is 2.44 bits per heavy atom. The van der Waals surface area contributed by atoms with Crippen LogP contribution in [0.3, 0.4) is 0 Å². The normalized spacial score (nSPS) is 18.6. The summed E-state index contributed by atoms with van der Waals surface area (Å²) in [6.07, 6.45) is 2.96. The minimum absolute atomic E-state index is 0.0718. The average molecular weight is 522 g/mol. The molecule has 1 aromatic carbocycles. The minimum Gasteiger partial charge on any atom is -0.336 e. The topological polar surface area (TPSA) is 52.7 Å². The van der Waals surface area contributed by atoms with Crippen LogP contribution in [0.5, 0.6) is 0 Å². The number of piperazine rings is 1. The SMILES string of the molecule is CC(C)(C)[C@@H]1CCc2c(sc(NC(=O)c3cccs3)c2C(=O)N2CCN(Cc3ccccc3)CC2)C1. The van der Waals surface area contributed by atoms with Gasteiger partial charge in [0.05, 0.1) is 10.4 Å². The Balaban J connectivity index is 1.36. The van der Waals surface area contributed by atoms with Crippen LogP contribution in [0.4, 0.5) is 5.00 Å². The molecule has 2 amide bonds. The van der Waals surface area contributed by atoms with Gasteiger partial charge in [-0.3, -0.25) is 14.5 Å². The van der Waals surface area contributed by atoms with Crippen molar-refractivity contribution in [3.8, 4) is 0 Å². The number of rotatable bonds is 5. The number of nitrogens with zero attached hydrogens (tertiary/aromatic N) is 2. The van der Waals surface area contributed by atoms with Gasteiger partial charge < -0.3 is 10.2 Å². The van der Waals surface area contributed by atoms with Crippen molar-refractivity contribution < 1.29 is 9.59 Å². The van der Waals surface area contributed by atoms with Crippen LogP contribution in [0.2, 0.25) is 0 Å². The van der Waals surface area contributed by atoms with Crippen LogP contribution in [0.15, 0.2) is 47.8 Å². The lowest BCUT2D eigenvalue weighted by molar-refractivity contribution is 0.0628. The van der Waals surface area contributed by atoms with Gasteiger partial charge >= 0.3 is 0 Å². The van der Waals surface area contributed by atoms with E-state index in [0.717, 1.165) is 49.5 Å². The number of benzene rings is 1. The van der Waals surface area contributed by atoms with Gasteiger partial charge in [-0.1, -0.05) is 57.2 Å². The third kappa shape index (κ3) is 5.43. The van der Waals surface area contributed by atoms with E-state index >= 15 is 0 Å². The van der Waals surface area contributed by atoms with E-state index in [2.05, 4.69) is 55.3 Å². The van der Waals surface area contributed by atoms with Gasteiger partial charge in [-0.15, -0.1) is 22.7 Å². The minimum atomic E-state index is -0.127. The van der Waals surface area contributed by atoms with Crippen LogP contribution in [0.1, 0.15) is 63.2 Å². The van der Waals surface area contributed by atoms with Crippen molar-refractivity contribution in [2.24, 2.45) is 11.3 Å². The van der Waals surface area contributed by atoms with E-state index in [1.807, 2.05) is 28.5 Å². The van der Waals surface area contributed by atoms with Crippen molar-refractivity contribution in [1.29, 1.82) is 0 Å². The first-order valence-corrected chi connectivity index (χ1v) is 14.5. The second kappa shape index (κ2) is 10.5. The van der Waals surface area contributed by atoms with E-state index < -0.39 is 0 Å². The Hall–Kier alpha value is -2.48. The van der Waals surface area contributed by atoms with Crippen molar-refractivity contribution in [1.82, 2.24) is 9.80 Å². The highest BCUT2D eigenvalue weighted by Crippen LogP contribution is 2.45. The standard InChI is InChI=1S/C29H35N3O2S2/c1-29(2,3)21-11-12-22-24(18-21)36-27(30-26(33)23-10-7-17-35-23)25(22)28(34)32-15-13-31(14-16-32)19-20-8-5-4-6-9-20/h4-10,17,21H,11-16,18-19H2,1-3H3,(H,30,33)/t21-/m1/s1. The average Bonchev–Trinajstić information content (AvgIpc) is 3.52. The predicted molar refractivity (Wildman–Crippen MR) is 149 cm³/mol. The number of carbonyl (C=O) groups is 2. The molecule has 3 heterocycles. The van der Waals surface area contributed by atoms with Gasteiger partial charge in [0.25, 0.3) is 11.8 Å². The lowest BCUT2D eigenvalue weighted by Crippen LogP contribution is -2.48. The van der Waals surface area contributed by atoms with E-state index in [9.17, 15) is 9.59 Å². The summed E-state index contributed by atoms with van der Waals surface area (Å²) in [4.78, 5) is 33.2. The molecule has 1 atom stereocenters. The number of carbonyl (C=O) groups excluding carboxylic acids is 2. The van der Waals surface area contributed by atoms with E-state index in [1.165, 1.54) is 27.3 Å². The second-order valence-electron chi connectivity index (χ2n) is 11.0. The molecule has 0 unspecified atom stereocenters. The third-order valence-corrected chi connectivity index (χ3v) is 9.62. The number of thiophene rings is 2. The Kier molecular flexibility index (Phi) is 7.33. The molecule has 1 fully saturated rings. The summed E-state index contributed by atoms with van der Waals surface area (Å²) in [5.41, 5.74) is 3.43. The van der Waals surface area contributed by atoms with E-state index in [-0.39, 0.29) is 17.2 Å². The molecule has 1 N–H and O–H groups in total. The van der Waals surface area contributed by atoms with Gasteiger partial charge in [-0.25, -0.2) is 0 Å². The maximum Gasteiger partial charge on any atom is 0.266 e. The zero-order chi connectivity index (χ0) is 25.3. The molecule has 0 bridgehead atoms. The number of fused-ring (bicyclic) bond motifs is 1. The molecule has 36 heavy (non-hydrogen) atoms. The Labute approximate surface area is 222 Å². The zero-order valence-electron chi connectivity index (χ0n) is 21.4. The van der Waals surface area contributed by atoms with Crippen LogP contribution >= 0.6 is 22.7 Å². The second-order valence-corrected chi connectivity index (χ2v) is 13.1. The van der Waals surface area contributed by atoms with E-state index in [1.54, 1.807) is 11.3 Å². The number of hydrogen-bond donors (Lipinski definition) is 1. The van der Waals surface area contributed by atoms with Crippen LogP contribution < -0.4 is 5.32 Å². The monoisotopic (exact) mass is 521 g/mol. The highest BCUT2D eigenvalue weighted by Gasteiger charge is 2.36. The summed E-state index contributed by atoms with van der Waals surface area (Å²) < 4.78 is 0. The van der Waals surface area contributed by atoms with Crippen molar-refractivity contribution in [3.63, 3.8) is 0 Å². The summed E-state index contributed by atoms with van der Waals surface area (Å²) in [7, 11) is 0. The highest BCUT2D eigenvalue weighted by molar-refractivity contribution is 7.17. The summed E-state index contributed by atoms with van der Waals surface area (Å²) in [5.74, 6) is 0.522. The third-order valence-electron chi connectivity index (χ3n) is 7.58. The van der Waals surface area contributed by atoms with Gasteiger partial charge in [-0.2, -0.15) is 0 Å². The molecule has 1 aliphatic heterocycles. The Bertz CT molecular complexity index is 1200. The van der Waals surface area contributed by atoms with Gasteiger partial charge in [0, 0.05) is 37.6 Å². The molecule has 190 valence electrons. The largest absolute Gasteiger partial charge is 0.336 e. The maximum atomic E-state index is 13.9. The van der Waals surface area contributed by atoms with Crippen LogP contribution in [0, 0.1) is 11.3 Å². The number of hydrogen-bond acceptors (Lipinski definition) is 5. The molecule has 3 aromatic rings. The summed E-state index contributed by atoms with van der Waals surface area (Å²) in [6.45, 7) is 10.9. The molecule has 5 rings (SSSR count). The molecular weight excluding hydrogens is 486 g/mol. The quantitative estimate of drug-likeness (QED) is 0.437. The van der Waals surface area contributed by atoms with Crippen LogP contribution in [-0.2, 0) is 19.4 Å². The van der Waals surface area contributed by atoms with Crippen molar-refractivity contribution in [3.05, 3.63) is 74.3 Å². The summed E-state index contributed by atoms with van der Waals surface area (Å²) in [6, 6.07) is 14.2.